The highest BCUT2D eigenvalue weighted by Crippen LogP contribution is 2.12. The van der Waals surface area contributed by atoms with E-state index >= 15 is 0 Å². The molecule has 0 aliphatic carbocycles. The van der Waals surface area contributed by atoms with Crippen molar-refractivity contribution in [2.75, 3.05) is 19.7 Å². The minimum Gasteiger partial charge on any atom is -0.396 e. The lowest BCUT2D eigenvalue weighted by molar-refractivity contribution is 0.282. The number of aliphatic hydroxyl groups is 1. The maximum atomic E-state index is 8.68. The zero-order valence-electron chi connectivity index (χ0n) is 14.0. The standard InChI is InChI=1S/C18H39NO/c1-2-16-19-17-14-12-10-8-6-4-3-5-7-9-11-13-15-18-20/h19-20H,2-18H2,1H3. The van der Waals surface area contributed by atoms with Crippen LogP contribution in [0.15, 0.2) is 0 Å². The Hall–Kier alpha value is -0.0800. The van der Waals surface area contributed by atoms with Gasteiger partial charge in [0.25, 0.3) is 0 Å². The molecule has 0 saturated heterocycles. The van der Waals surface area contributed by atoms with Crippen LogP contribution in [0.4, 0.5) is 0 Å². The molecule has 20 heavy (non-hydrogen) atoms. The molecule has 2 N–H and O–H groups in total. The average molecular weight is 286 g/mol. The fourth-order valence-corrected chi connectivity index (χ4v) is 2.61. The fourth-order valence-electron chi connectivity index (χ4n) is 2.61. The summed E-state index contributed by atoms with van der Waals surface area (Å²) in [5.41, 5.74) is 0. The normalized spacial score (nSPS) is 11.1. The molecular weight excluding hydrogens is 246 g/mol. The van der Waals surface area contributed by atoms with Crippen molar-refractivity contribution in [3.8, 4) is 0 Å². The second-order valence-electron chi connectivity index (χ2n) is 6.07. The Balaban J connectivity index is 2.89. The van der Waals surface area contributed by atoms with Gasteiger partial charge in [0.2, 0.25) is 0 Å². The summed E-state index contributed by atoms with van der Waals surface area (Å²) in [6, 6.07) is 0. The van der Waals surface area contributed by atoms with Crippen LogP contribution in [0, 0.1) is 0 Å². The van der Waals surface area contributed by atoms with Crippen molar-refractivity contribution in [1.29, 1.82) is 0 Å². The number of aliphatic hydroxyl groups excluding tert-OH is 1. The van der Waals surface area contributed by atoms with Gasteiger partial charge >= 0.3 is 0 Å². The van der Waals surface area contributed by atoms with Gasteiger partial charge < -0.3 is 10.4 Å². The van der Waals surface area contributed by atoms with E-state index in [-0.39, 0.29) is 0 Å². The van der Waals surface area contributed by atoms with Crippen LogP contribution < -0.4 is 5.32 Å². The molecule has 0 aliphatic rings. The van der Waals surface area contributed by atoms with Gasteiger partial charge in [0.1, 0.15) is 0 Å². The van der Waals surface area contributed by atoms with E-state index in [4.69, 9.17) is 5.11 Å². The van der Waals surface area contributed by atoms with Crippen LogP contribution in [0.25, 0.3) is 0 Å². The van der Waals surface area contributed by atoms with Crippen LogP contribution in [-0.2, 0) is 0 Å². The Kier molecular flexibility index (Phi) is 18.8. The number of hydrogen-bond donors (Lipinski definition) is 2. The summed E-state index contributed by atoms with van der Waals surface area (Å²) in [6.45, 7) is 4.99. The maximum absolute atomic E-state index is 8.68. The van der Waals surface area contributed by atoms with Crippen molar-refractivity contribution in [3.63, 3.8) is 0 Å². The smallest absolute Gasteiger partial charge is 0.0431 e. The molecule has 0 aromatic heterocycles. The van der Waals surface area contributed by atoms with Crippen LogP contribution in [0.2, 0.25) is 0 Å². The second-order valence-corrected chi connectivity index (χ2v) is 6.07. The summed E-state index contributed by atoms with van der Waals surface area (Å²) in [7, 11) is 0. The molecule has 0 rings (SSSR count). The Morgan fingerprint density at radius 1 is 0.550 bits per heavy atom. The highest BCUT2D eigenvalue weighted by atomic mass is 16.2. The van der Waals surface area contributed by atoms with Gasteiger partial charge in [-0.25, -0.2) is 0 Å². The van der Waals surface area contributed by atoms with E-state index in [1.54, 1.807) is 0 Å². The number of nitrogens with one attached hydrogen (secondary N) is 1. The predicted molar refractivity (Wildman–Crippen MR) is 90.3 cm³/mol. The van der Waals surface area contributed by atoms with Crippen molar-refractivity contribution < 1.29 is 5.11 Å². The van der Waals surface area contributed by atoms with E-state index in [2.05, 4.69) is 12.2 Å². The van der Waals surface area contributed by atoms with E-state index in [1.165, 1.54) is 96.6 Å². The molecule has 122 valence electrons. The summed E-state index contributed by atoms with van der Waals surface area (Å²) < 4.78 is 0. The molecule has 0 unspecified atom stereocenters. The van der Waals surface area contributed by atoms with Gasteiger partial charge in [-0.15, -0.1) is 0 Å². The molecule has 0 amide bonds. The van der Waals surface area contributed by atoms with Crippen LogP contribution in [0.5, 0.6) is 0 Å². The van der Waals surface area contributed by atoms with E-state index in [1.807, 2.05) is 0 Å². The van der Waals surface area contributed by atoms with Gasteiger partial charge in [-0.1, -0.05) is 77.6 Å². The molecule has 2 heteroatoms. The van der Waals surface area contributed by atoms with Gasteiger partial charge in [-0.3, -0.25) is 0 Å². The summed E-state index contributed by atoms with van der Waals surface area (Å²) in [5, 5.41) is 12.1. The SMILES string of the molecule is CCCNCCCCCCCCCCCCCCCO. The largest absolute Gasteiger partial charge is 0.396 e. The van der Waals surface area contributed by atoms with Crippen LogP contribution in [-0.4, -0.2) is 24.8 Å². The zero-order chi connectivity index (χ0) is 14.7. The fraction of sp³-hybridized carbons (Fsp3) is 1.00. The Labute approximate surface area is 127 Å². The first-order chi connectivity index (χ1) is 9.91. The summed E-state index contributed by atoms with van der Waals surface area (Å²) in [6.07, 6.45) is 18.9. The van der Waals surface area contributed by atoms with Crippen molar-refractivity contribution in [3.05, 3.63) is 0 Å². The molecule has 0 fully saturated rings. The third-order valence-corrected chi connectivity index (χ3v) is 3.94. The minimum absolute atomic E-state index is 0.370. The third kappa shape index (κ3) is 17.9. The Morgan fingerprint density at radius 2 is 0.950 bits per heavy atom. The molecular formula is C18H39NO. The average Bonchev–Trinajstić information content (AvgIpc) is 2.47. The Morgan fingerprint density at radius 3 is 1.35 bits per heavy atom. The van der Waals surface area contributed by atoms with Crippen molar-refractivity contribution in [2.45, 2.75) is 96.8 Å². The predicted octanol–water partition coefficient (Wildman–Crippen LogP) is 5.05. The lowest BCUT2D eigenvalue weighted by Crippen LogP contribution is -2.15. The first kappa shape index (κ1) is 19.9. The van der Waals surface area contributed by atoms with Crippen LogP contribution in [0.3, 0.4) is 0 Å². The summed E-state index contributed by atoms with van der Waals surface area (Å²) in [4.78, 5) is 0. The van der Waals surface area contributed by atoms with Crippen molar-refractivity contribution in [1.82, 2.24) is 5.32 Å². The summed E-state index contributed by atoms with van der Waals surface area (Å²) >= 11 is 0. The lowest BCUT2D eigenvalue weighted by atomic mass is 10.0. The Bertz CT molecular complexity index is 143. The minimum atomic E-state index is 0.370. The van der Waals surface area contributed by atoms with E-state index in [0.29, 0.717) is 6.61 Å². The molecule has 0 heterocycles. The molecule has 0 aromatic carbocycles. The van der Waals surface area contributed by atoms with Crippen LogP contribution >= 0.6 is 0 Å². The topological polar surface area (TPSA) is 32.3 Å². The first-order valence-corrected chi connectivity index (χ1v) is 9.23. The highest BCUT2D eigenvalue weighted by molar-refractivity contribution is 4.51. The third-order valence-electron chi connectivity index (χ3n) is 3.94. The highest BCUT2D eigenvalue weighted by Gasteiger charge is 1.94. The van der Waals surface area contributed by atoms with Gasteiger partial charge in [-0.05, 0) is 32.4 Å². The molecule has 0 bridgehead atoms. The van der Waals surface area contributed by atoms with Crippen molar-refractivity contribution in [2.24, 2.45) is 0 Å². The number of unbranched alkanes of at least 4 members (excludes halogenated alkanes) is 12. The van der Waals surface area contributed by atoms with E-state index in [0.717, 1.165) is 6.42 Å². The summed E-state index contributed by atoms with van der Waals surface area (Å²) in [5.74, 6) is 0. The van der Waals surface area contributed by atoms with Gasteiger partial charge in [0.05, 0.1) is 0 Å². The molecule has 0 aromatic rings. The number of hydrogen-bond acceptors (Lipinski definition) is 2. The van der Waals surface area contributed by atoms with Gasteiger partial charge in [0, 0.05) is 6.61 Å². The van der Waals surface area contributed by atoms with E-state index in [9.17, 15) is 0 Å². The molecule has 0 aliphatic heterocycles. The van der Waals surface area contributed by atoms with Crippen molar-refractivity contribution >= 4 is 0 Å². The van der Waals surface area contributed by atoms with Gasteiger partial charge in [-0.2, -0.15) is 0 Å². The molecule has 0 radical (unpaired) electrons. The molecule has 0 atom stereocenters. The molecule has 0 spiro atoms. The zero-order valence-corrected chi connectivity index (χ0v) is 14.0. The quantitative estimate of drug-likeness (QED) is 0.367. The molecule has 0 saturated carbocycles. The maximum Gasteiger partial charge on any atom is 0.0431 e. The number of rotatable bonds is 17. The van der Waals surface area contributed by atoms with E-state index < -0.39 is 0 Å². The monoisotopic (exact) mass is 285 g/mol. The second kappa shape index (κ2) is 18.9. The molecule has 2 nitrogen and oxygen atoms in total. The van der Waals surface area contributed by atoms with Crippen LogP contribution in [0.1, 0.15) is 96.8 Å². The lowest BCUT2D eigenvalue weighted by Gasteiger charge is -2.04. The van der Waals surface area contributed by atoms with Gasteiger partial charge in [0.15, 0.2) is 0 Å². The first-order valence-electron chi connectivity index (χ1n) is 9.23.